The van der Waals surface area contributed by atoms with E-state index in [0.717, 1.165) is 11.5 Å². The third kappa shape index (κ3) is 2.70. The van der Waals surface area contributed by atoms with E-state index in [2.05, 4.69) is 28.7 Å². The highest BCUT2D eigenvalue weighted by Crippen LogP contribution is 2.10. The van der Waals surface area contributed by atoms with E-state index in [1.807, 2.05) is 37.0 Å². The van der Waals surface area contributed by atoms with Gasteiger partial charge in [0.15, 0.2) is 0 Å². The Labute approximate surface area is 113 Å². The average molecular weight is 260 g/mol. The van der Waals surface area contributed by atoms with Crippen LogP contribution in [-0.2, 0) is 13.6 Å². The molecule has 0 radical (unpaired) electrons. The fraction of sp³-hybridized carbons (Fsp3) is 0.429. The second-order valence-corrected chi connectivity index (χ2v) is 4.95. The zero-order valence-electron chi connectivity index (χ0n) is 11.8. The number of imidazole rings is 1. The van der Waals surface area contributed by atoms with Gasteiger partial charge >= 0.3 is 0 Å². The molecule has 2 aromatic rings. The van der Waals surface area contributed by atoms with Crippen molar-refractivity contribution < 1.29 is 4.79 Å². The molecule has 5 nitrogen and oxygen atoms in total. The Morgan fingerprint density at radius 1 is 1.42 bits per heavy atom. The normalized spacial score (nSPS) is 11.0. The predicted molar refractivity (Wildman–Crippen MR) is 73.9 cm³/mol. The number of carbonyl (C=O) groups excluding carboxylic acids is 1. The highest BCUT2D eigenvalue weighted by molar-refractivity contribution is 5.95. The SMILES string of the molecule is Cc1c(C(=O)NCc2nccn2C(C)C)ccn1C. The molecule has 5 heteroatoms. The van der Waals surface area contributed by atoms with Crippen LogP contribution in [0.25, 0.3) is 0 Å². The number of nitrogens with zero attached hydrogens (tertiary/aromatic N) is 3. The number of hydrogen-bond donors (Lipinski definition) is 1. The number of carbonyl (C=O) groups is 1. The first-order chi connectivity index (χ1) is 9.00. The molecule has 0 saturated heterocycles. The van der Waals surface area contributed by atoms with Gasteiger partial charge in [0.2, 0.25) is 0 Å². The predicted octanol–water partition coefficient (Wildman–Crippen LogP) is 2.04. The van der Waals surface area contributed by atoms with E-state index in [1.54, 1.807) is 6.20 Å². The van der Waals surface area contributed by atoms with Gasteiger partial charge in [-0.3, -0.25) is 4.79 Å². The van der Waals surface area contributed by atoms with Gasteiger partial charge in [0.25, 0.3) is 5.91 Å². The zero-order valence-corrected chi connectivity index (χ0v) is 11.8. The molecule has 1 N–H and O–H groups in total. The van der Waals surface area contributed by atoms with Crippen LogP contribution in [0.1, 0.15) is 41.8 Å². The van der Waals surface area contributed by atoms with E-state index in [1.165, 1.54) is 0 Å². The van der Waals surface area contributed by atoms with Crippen LogP contribution in [0, 0.1) is 6.92 Å². The van der Waals surface area contributed by atoms with Crippen molar-refractivity contribution in [2.24, 2.45) is 7.05 Å². The summed E-state index contributed by atoms with van der Waals surface area (Å²) < 4.78 is 3.99. The molecule has 2 rings (SSSR count). The fourth-order valence-electron chi connectivity index (χ4n) is 2.05. The summed E-state index contributed by atoms with van der Waals surface area (Å²) in [4.78, 5) is 16.4. The topological polar surface area (TPSA) is 51.9 Å². The second kappa shape index (κ2) is 5.30. The lowest BCUT2D eigenvalue weighted by molar-refractivity contribution is 0.0948. The summed E-state index contributed by atoms with van der Waals surface area (Å²) in [6, 6.07) is 2.17. The van der Waals surface area contributed by atoms with Gasteiger partial charge in [-0.1, -0.05) is 0 Å². The number of aryl methyl sites for hydroxylation is 1. The van der Waals surface area contributed by atoms with Gasteiger partial charge < -0.3 is 14.5 Å². The smallest absolute Gasteiger partial charge is 0.253 e. The molecular formula is C14H20N4O. The molecule has 0 spiro atoms. The number of nitrogens with one attached hydrogen (secondary N) is 1. The minimum Gasteiger partial charge on any atom is -0.354 e. The number of hydrogen-bond acceptors (Lipinski definition) is 2. The van der Waals surface area contributed by atoms with Crippen molar-refractivity contribution in [1.82, 2.24) is 19.4 Å². The Morgan fingerprint density at radius 2 is 2.16 bits per heavy atom. The molecule has 0 atom stereocenters. The lowest BCUT2D eigenvalue weighted by Crippen LogP contribution is -2.25. The van der Waals surface area contributed by atoms with E-state index in [0.29, 0.717) is 18.2 Å². The van der Waals surface area contributed by atoms with E-state index < -0.39 is 0 Å². The van der Waals surface area contributed by atoms with E-state index in [-0.39, 0.29) is 5.91 Å². The maximum atomic E-state index is 12.1. The molecular weight excluding hydrogens is 240 g/mol. The van der Waals surface area contributed by atoms with Gasteiger partial charge in [0, 0.05) is 37.4 Å². The summed E-state index contributed by atoms with van der Waals surface area (Å²) in [7, 11) is 1.93. The quantitative estimate of drug-likeness (QED) is 0.914. The van der Waals surface area contributed by atoms with Crippen molar-refractivity contribution in [3.63, 3.8) is 0 Å². The van der Waals surface area contributed by atoms with Gasteiger partial charge in [-0.05, 0) is 26.8 Å². The summed E-state index contributed by atoms with van der Waals surface area (Å²) >= 11 is 0. The Morgan fingerprint density at radius 3 is 2.74 bits per heavy atom. The Bertz CT molecular complexity index is 580. The first kappa shape index (κ1) is 13.4. The lowest BCUT2D eigenvalue weighted by atomic mass is 10.2. The molecule has 0 aromatic carbocycles. The fourth-order valence-corrected chi connectivity index (χ4v) is 2.05. The van der Waals surface area contributed by atoms with Crippen LogP contribution in [0.3, 0.4) is 0 Å². The summed E-state index contributed by atoms with van der Waals surface area (Å²) in [5.41, 5.74) is 1.68. The van der Waals surface area contributed by atoms with Crippen LogP contribution in [0.4, 0.5) is 0 Å². The molecule has 1 amide bonds. The van der Waals surface area contributed by atoms with Crippen molar-refractivity contribution in [3.8, 4) is 0 Å². The molecule has 0 bridgehead atoms. The van der Waals surface area contributed by atoms with Gasteiger partial charge in [-0.25, -0.2) is 4.98 Å². The van der Waals surface area contributed by atoms with Gasteiger partial charge in [-0.15, -0.1) is 0 Å². The van der Waals surface area contributed by atoms with Crippen LogP contribution in [0.5, 0.6) is 0 Å². The van der Waals surface area contributed by atoms with Crippen molar-refractivity contribution in [2.75, 3.05) is 0 Å². The van der Waals surface area contributed by atoms with Crippen LogP contribution >= 0.6 is 0 Å². The maximum Gasteiger partial charge on any atom is 0.253 e. The molecule has 0 aliphatic carbocycles. The molecule has 19 heavy (non-hydrogen) atoms. The maximum absolute atomic E-state index is 12.1. The standard InChI is InChI=1S/C14H20N4O/c1-10(2)18-8-6-15-13(18)9-16-14(19)12-5-7-17(4)11(12)3/h5-8,10H,9H2,1-4H3,(H,16,19). The van der Waals surface area contributed by atoms with Gasteiger partial charge in [0.05, 0.1) is 12.1 Å². The Balaban J connectivity index is 2.05. The van der Waals surface area contributed by atoms with E-state index in [4.69, 9.17) is 0 Å². The monoisotopic (exact) mass is 260 g/mol. The minimum atomic E-state index is -0.0589. The van der Waals surface area contributed by atoms with Crippen LogP contribution in [-0.4, -0.2) is 20.0 Å². The van der Waals surface area contributed by atoms with Gasteiger partial charge in [-0.2, -0.15) is 0 Å². The van der Waals surface area contributed by atoms with Crippen LogP contribution < -0.4 is 5.32 Å². The van der Waals surface area contributed by atoms with Crippen LogP contribution in [0.2, 0.25) is 0 Å². The van der Waals surface area contributed by atoms with E-state index >= 15 is 0 Å². The average Bonchev–Trinajstić information content (AvgIpc) is 2.95. The van der Waals surface area contributed by atoms with Crippen molar-refractivity contribution >= 4 is 5.91 Å². The molecule has 0 unspecified atom stereocenters. The third-order valence-corrected chi connectivity index (χ3v) is 3.34. The molecule has 0 aliphatic rings. The van der Waals surface area contributed by atoms with E-state index in [9.17, 15) is 4.79 Å². The molecule has 0 saturated carbocycles. The minimum absolute atomic E-state index is 0.0589. The van der Waals surface area contributed by atoms with Crippen molar-refractivity contribution in [2.45, 2.75) is 33.4 Å². The Kier molecular flexibility index (Phi) is 3.74. The summed E-state index contributed by atoms with van der Waals surface area (Å²) in [5.74, 6) is 0.813. The third-order valence-electron chi connectivity index (χ3n) is 3.34. The second-order valence-electron chi connectivity index (χ2n) is 4.95. The number of amides is 1. The Hall–Kier alpha value is -2.04. The van der Waals surface area contributed by atoms with Crippen LogP contribution in [0.15, 0.2) is 24.7 Å². The highest BCUT2D eigenvalue weighted by Gasteiger charge is 2.12. The summed E-state index contributed by atoms with van der Waals surface area (Å²) in [6.07, 6.45) is 5.58. The molecule has 2 aromatic heterocycles. The van der Waals surface area contributed by atoms with Crippen molar-refractivity contribution in [1.29, 1.82) is 0 Å². The number of rotatable bonds is 4. The molecule has 2 heterocycles. The molecule has 0 fully saturated rings. The lowest BCUT2D eigenvalue weighted by Gasteiger charge is -2.12. The summed E-state index contributed by atoms with van der Waals surface area (Å²) in [6.45, 7) is 6.56. The molecule has 0 aliphatic heterocycles. The molecule has 102 valence electrons. The number of aromatic nitrogens is 3. The first-order valence-electron chi connectivity index (χ1n) is 6.42. The highest BCUT2D eigenvalue weighted by atomic mass is 16.1. The summed E-state index contributed by atoms with van der Waals surface area (Å²) in [5, 5.41) is 2.92. The largest absolute Gasteiger partial charge is 0.354 e. The van der Waals surface area contributed by atoms with Gasteiger partial charge in [0.1, 0.15) is 5.82 Å². The first-order valence-corrected chi connectivity index (χ1v) is 6.42. The van der Waals surface area contributed by atoms with Crippen molar-refractivity contribution in [3.05, 3.63) is 41.7 Å². The zero-order chi connectivity index (χ0) is 14.0.